The summed E-state index contributed by atoms with van der Waals surface area (Å²) < 4.78 is 8.72. The van der Waals surface area contributed by atoms with Crippen LogP contribution in [0.1, 0.15) is 71.4 Å². The second kappa shape index (κ2) is 16.6. The number of aryl methyl sites for hydroxylation is 2. The van der Waals surface area contributed by atoms with Crippen LogP contribution in [-0.2, 0) is 9.53 Å². The van der Waals surface area contributed by atoms with Crippen LogP contribution in [-0.4, -0.2) is 106 Å². The Bertz CT molecular complexity index is 2430. The normalized spacial score (nSPS) is 21.7. The zero-order chi connectivity index (χ0) is 41.5. The van der Waals surface area contributed by atoms with Gasteiger partial charge in [-0.2, -0.15) is 0 Å². The van der Waals surface area contributed by atoms with Crippen molar-refractivity contribution in [3.63, 3.8) is 0 Å². The molecule has 1 saturated carbocycles. The van der Waals surface area contributed by atoms with Crippen molar-refractivity contribution >= 4 is 45.9 Å². The molecule has 14 nitrogen and oxygen atoms in total. The van der Waals surface area contributed by atoms with Gasteiger partial charge in [-0.05, 0) is 105 Å². The summed E-state index contributed by atoms with van der Waals surface area (Å²) in [6.45, 7) is 10.5. The number of nitrogens with one attached hydrogen (secondary N) is 1. The number of ether oxygens (including phenoxy) is 1. The minimum atomic E-state index is -0.354. The number of aromatic nitrogens is 3. The average Bonchev–Trinajstić information content (AvgIpc) is 3.60. The number of amides is 4. The molecular weight excluding hydrogens is 759 g/mol. The third-order valence-corrected chi connectivity index (χ3v) is 13.0. The Hall–Kier alpha value is -5.99. The second-order valence-corrected chi connectivity index (χ2v) is 16.8. The van der Waals surface area contributed by atoms with Gasteiger partial charge in [0.2, 0.25) is 5.91 Å². The number of aromatic hydroxyl groups is 1. The Kier molecular flexibility index (Phi) is 10.9. The molecule has 14 heteroatoms. The van der Waals surface area contributed by atoms with E-state index in [2.05, 4.69) is 48.9 Å². The quantitative estimate of drug-likeness (QED) is 0.164. The van der Waals surface area contributed by atoms with Crippen molar-refractivity contribution in [2.24, 2.45) is 5.92 Å². The van der Waals surface area contributed by atoms with Crippen molar-refractivity contribution < 1.29 is 24.2 Å². The summed E-state index contributed by atoms with van der Waals surface area (Å²) in [4.78, 5) is 46.6. The maximum atomic E-state index is 13.8. The molecule has 312 valence electrons. The van der Waals surface area contributed by atoms with Crippen LogP contribution >= 0.6 is 0 Å². The van der Waals surface area contributed by atoms with Gasteiger partial charge >= 0.3 is 6.03 Å². The first-order valence-corrected chi connectivity index (χ1v) is 21.2. The fraction of sp³-hybridized carbons (Fsp3) is 0.413. The maximum absolute atomic E-state index is 13.8. The van der Waals surface area contributed by atoms with Crippen LogP contribution < -0.4 is 20.9 Å². The molecule has 2 aromatic heterocycles. The van der Waals surface area contributed by atoms with Crippen LogP contribution in [0.2, 0.25) is 0 Å². The number of benzene rings is 3. The number of hydrogen-bond donors (Lipinski definition) is 3. The highest BCUT2D eigenvalue weighted by Crippen LogP contribution is 2.40. The van der Waals surface area contributed by atoms with Gasteiger partial charge in [-0.15, -0.1) is 10.2 Å². The Morgan fingerprint density at radius 3 is 2.45 bits per heavy atom. The number of imide groups is 1. The summed E-state index contributed by atoms with van der Waals surface area (Å²) in [5, 5.41) is 22.4. The number of fused-ring (bicyclic) bond motifs is 1. The molecule has 1 aliphatic carbocycles. The van der Waals surface area contributed by atoms with Gasteiger partial charge in [0, 0.05) is 87.0 Å². The van der Waals surface area contributed by atoms with E-state index >= 15 is 0 Å². The van der Waals surface area contributed by atoms with E-state index in [-0.39, 0.29) is 29.7 Å². The number of rotatable bonds is 8. The van der Waals surface area contributed by atoms with E-state index in [0.29, 0.717) is 80.3 Å². The fourth-order valence-corrected chi connectivity index (χ4v) is 9.84. The number of phenols is 1. The number of hydrogen-bond acceptors (Lipinski definition) is 10. The molecule has 3 saturated heterocycles. The van der Waals surface area contributed by atoms with Crippen molar-refractivity contribution in [1.82, 2.24) is 29.9 Å². The van der Waals surface area contributed by atoms with E-state index in [4.69, 9.17) is 10.5 Å². The molecular formula is C46H53N9O5. The number of anilines is 3. The zero-order valence-corrected chi connectivity index (χ0v) is 34.3. The number of nitrogen functional groups attached to an aromatic ring is 1. The van der Waals surface area contributed by atoms with Gasteiger partial charge in [0.05, 0.1) is 29.2 Å². The predicted octanol–water partition coefficient (Wildman–Crippen LogP) is 6.22. The average molecular weight is 812 g/mol. The standard InChI is InChI=1S/C46H53N9O5/c1-29-24-32(12-15-34(29)42-28-53(22-23-60-42)40-26-37(49-50-44(40)47)35-6-3-4-9-41(35)56)45(58)52-20-18-51(19-21-52)27-31-10-13-33(14-11-31)55-30(2)25-36-38(7-5-8-39(36)55)54-17-16-43(57)48-46(54)59/h3-9,12,15,24-26,31,33,42,56H,10-11,13-14,16-23,27-28H2,1-2H3,(H2,47,50)(H,48,57,59)/t31?,33?,42-/m0/s1. The molecule has 4 N–H and O–H groups in total. The van der Waals surface area contributed by atoms with Gasteiger partial charge in [-0.25, -0.2) is 4.79 Å². The predicted molar refractivity (Wildman–Crippen MR) is 231 cm³/mol. The minimum absolute atomic E-state index is 0.0650. The lowest BCUT2D eigenvalue weighted by Gasteiger charge is -2.38. The van der Waals surface area contributed by atoms with Crippen LogP contribution in [0.25, 0.3) is 22.2 Å². The molecule has 1 atom stereocenters. The van der Waals surface area contributed by atoms with Gasteiger partial charge in [-0.1, -0.05) is 24.3 Å². The zero-order valence-electron chi connectivity index (χ0n) is 34.3. The number of nitrogens with two attached hydrogens (primary N) is 1. The van der Waals surface area contributed by atoms with E-state index in [1.54, 1.807) is 23.1 Å². The van der Waals surface area contributed by atoms with Crippen molar-refractivity contribution in [2.45, 2.75) is 58.1 Å². The monoisotopic (exact) mass is 811 g/mol. The fourth-order valence-electron chi connectivity index (χ4n) is 9.84. The molecule has 5 aromatic rings. The summed E-state index contributed by atoms with van der Waals surface area (Å²) in [5.74, 6) is 0.910. The highest BCUT2D eigenvalue weighted by atomic mass is 16.5. The van der Waals surface area contributed by atoms with Crippen LogP contribution in [0.5, 0.6) is 5.75 Å². The number of para-hydroxylation sites is 1. The van der Waals surface area contributed by atoms with Gasteiger partial charge in [0.15, 0.2) is 5.82 Å². The summed E-state index contributed by atoms with van der Waals surface area (Å²) in [6.07, 6.45) is 4.60. The van der Waals surface area contributed by atoms with E-state index < -0.39 is 0 Å². The molecule has 4 aliphatic rings. The molecule has 60 heavy (non-hydrogen) atoms. The van der Waals surface area contributed by atoms with Crippen molar-refractivity contribution in [1.29, 1.82) is 0 Å². The third kappa shape index (κ3) is 7.77. The summed E-state index contributed by atoms with van der Waals surface area (Å²) in [6, 6.07) is 23.2. The number of piperazine rings is 1. The first kappa shape index (κ1) is 39.5. The topological polar surface area (TPSA) is 162 Å². The molecule has 4 amide bonds. The molecule has 0 spiro atoms. The Morgan fingerprint density at radius 1 is 0.883 bits per heavy atom. The van der Waals surface area contributed by atoms with Crippen LogP contribution in [0.3, 0.4) is 0 Å². The van der Waals surface area contributed by atoms with E-state index in [0.717, 1.165) is 78.7 Å². The molecule has 0 radical (unpaired) electrons. The number of carbonyl (C=O) groups excluding carboxylic acids is 3. The molecule has 0 bridgehead atoms. The van der Waals surface area contributed by atoms with E-state index in [9.17, 15) is 19.5 Å². The Morgan fingerprint density at radius 2 is 1.68 bits per heavy atom. The molecule has 9 rings (SSSR count). The SMILES string of the molecule is Cc1cc(C(=O)N2CCN(CC3CCC(n4c(C)cc5c(N6CCC(=O)NC6=O)cccc54)CC3)CC2)ccc1[C@@H]1CN(c2cc(-c3ccccc3O)nnc2N)CCO1. The first-order chi connectivity index (χ1) is 29.1. The highest BCUT2D eigenvalue weighted by molar-refractivity contribution is 6.09. The third-order valence-electron chi connectivity index (χ3n) is 13.0. The smallest absolute Gasteiger partial charge is 0.328 e. The van der Waals surface area contributed by atoms with Crippen molar-refractivity contribution in [2.75, 3.05) is 74.5 Å². The minimum Gasteiger partial charge on any atom is -0.507 e. The lowest BCUT2D eigenvalue weighted by atomic mass is 9.85. The van der Waals surface area contributed by atoms with Crippen molar-refractivity contribution in [3.8, 4) is 17.0 Å². The summed E-state index contributed by atoms with van der Waals surface area (Å²) in [7, 11) is 0. The second-order valence-electron chi connectivity index (χ2n) is 16.8. The highest BCUT2D eigenvalue weighted by Gasteiger charge is 2.31. The first-order valence-electron chi connectivity index (χ1n) is 21.2. The summed E-state index contributed by atoms with van der Waals surface area (Å²) >= 11 is 0. The van der Waals surface area contributed by atoms with Gasteiger partial charge in [0.25, 0.3) is 5.91 Å². The number of phenolic OH excluding ortho intramolecular Hbond substituents is 1. The molecule has 3 aromatic carbocycles. The lowest BCUT2D eigenvalue weighted by molar-refractivity contribution is -0.120. The Labute approximate surface area is 349 Å². The lowest BCUT2D eigenvalue weighted by Crippen LogP contribution is -2.50. The number of morpholine rings is 1. The number of carbonyl (C=O) groups is 3. The largest absolute Gasteiger partial charge is 0.507 e. The number of nitrogens with zero attached hydrogens (tertiary/aromatic N) is 7. The summed E-state index contributed by atoms with van der Waals surface area (Å²) in [5.41, 5.74) is 14.1. The van der Waals surface area contributed by atoms with Gasteiger partial charge < -0.3 is 29.9 Å². The molecule has 5 heterocycles. The van der Waals surface area contributed by atoms with Crippen LogP contribution in [0.4, 0.5) is 22.0 Å². The maximum Gasteiger partial charge on any atom is 0.328 e. The Balaban J connectivity index is 0.777. The number of urea groups is 1. The van der Waals surface area contributed by atoms with Crippen LogP contribution in [0.15, 0.2) is 72.8 Å². The van der Waals surface area contributed by atoms with Crippen LogP contribution in [0, 0.1) is 19.8 Å². The van der Waals surface area contributed by atoms with Gasteiger partial charge in [0.1, 0.15) is 11.9 Å². The van der Waals surface area contributed by atoms with E-state index in [1.165, 1.54) is 5.69 Å². The van der Waals surface area contributed by atoms with Crippen molar-refractivity contribution in [3.05, 3.63) is 95.2 Å². The molecule has 0 unspecified atom stereocenters. The van der Waals surface area contributed by atoms with E-state index in [1.807, 2.05) is 54.3 Å². The van der Waals surface area contributed by atoms with Gasteiger partial charge in [-0.3, -0.25) is 24.7 Å². The molecule has 3 aliphatic heterocycles. The molecule has 4 fully saturated rings.